The van der Waals surface area contributed by atoms with Crippen molar-refractivity contribution in [2.75, 3.05) is 34.0 Å². The van der Waals surface area contributed by atoms with E-state index in [-0.39, 0.29) is 31.3 Å². The molecular formula is C29H32FNO6. The number of halogens is 1. The van der Waals surface area contributed by atoms with Crippen molar-refractivity contribution in [2.24, 2.45) is 0 Å². The fourth-order valence-corrected chi connectivity index (χ4v) is 5.06. The summed E-state index contributed by atoms with van der Waals surface area (Å²) in [6.07, 6.45) is 0.831. The highest BCUT2D eigenvalue weighted by molar-refractivity contribution is 6.04. The molecular weight excluding hydrogens is 477 g/mol. The fourth-order valence-electron chi connectivity index (χ4n) is 5.06. The van der Waals surface area contributed by atoms with Crippen molar-refractivity contribution in [1.29, 1.82) is 0 Å². The SMILES string of the molecule is CCOCCOC(=O)C1=C(C)NC2=C(C(=O)CC(c3ccc(OC)c(OC)c3)C2)C1c1ccc(F)cc1. The van der Waals surface area contributed by atoms with Crippen molar-refractivity contribution >= 4 is 11.8 Å². The number of hydrogen-bond donors (Lipinski definition) is 1. The molecule has 2 aromatic rings. The van der Waals surface area contributed by atoms with E-state index in [1.807, 2.05) is 25.1 Å². The van der Waals surface area contributed by atoms with Crippen LogP contribution in [0.3, 0.4) is 0 Å². The highest BCUT2D eigenvalue weighted by Crippen LogP contribution is 2.46. The van der Waals surface area contributed by atoms with Gasteiger partial charge in [-0.3, -0.25) is 4.79 Å². The molecule has 0 radical (unpaired) electrons. The Labute approximate surface area is 216 Å². The maximum absolute atomic E-state index is 13.8. The van der Waals surface area contributed by atoms with E-state index in [1.54, 1.807) is 33.3 Å². The smallest absolute Gasteiger partial charge is 0.336 e. The zero-order chi connectivity index (χ0) is 26.5. The summed E-state index contributed by atoms with van der Waals surface area (Å²) in [6, 6.07) is 11.6. The molecule has 7 nitrogen and oxygen atoms in total. The summed E-state index contributed by atoms with van der Waals surface area (Å²) in [4.78, 5) is 26.9. The van der Waals surface area contributed by atoms with E-state index < -0.39 is 17.7 Å². The van der Waals surface area contributed by atoms with Crippen LogP contribution in [0.1, 0.15) is 49.7 Å². The van der Waals surface area contributed by atoms with Crippen LogP contribution in [0.4, 0.5) is 4.39 Å². The molecule has 8 heteroatoms. The third-order valence-electron chi connectivity index (χ3n) is 6.79. The Morgan fingerprint density at radius 2 is 1.70 bits per heavy atom. The molecule has 1 aliphatic carbocycles. The third kappa shape index (κ3) is 5.54. The first-order chi connectivity index (χ1) is 17.9. The average molecular weight is 510 g/mol. The number of hydrogen-bond acceptors (Lipinski definition) is 7. The average Bonchev–Trinajstić information content (AvgIpc) is 2.90. The number of nitrogens with one attached hydrogen (secondary N) is 1. The molecule has 0 amide bonds. The van der Waals surface area contributed by atoms with Crippen molar-refractivity contribution in [1.82, 2.24) is 5.32 Å². The lowest BCUT2D eigenvalue weighted by Gasteiger charge is -2.36. The topological polar surface area (TPSA) is 83.1 Å². The number of esters is 1. The highest BCUT2D eigenvalue weighted by atomic mass is 19.1. The van der Waals surface area contributed by atoms with E-state index in [9.17, 15) is 14.0 Å². The van der Waals surface area contributed by atoms with Gasteiger partial charge in [-0.2, -0.15) is 0 Å². The zero-order valence-electron chi connectivity index (χ0n) is 21.6. The molecule has 0 spiro atoms. The van der Waals surface area contributed by atoms with Gasteiger partial charge in [0, 0.05) is 35.9 Å². The summed E-state index contributed by atoms with van der Waals surface area (Å²) >= 11 is 0. The van der Waals surface area contributed by atoms with Crippen LogP contribution in [0.15, 0.2) is 65.0 Å². The van der Waals surface area contributed by atoms with Crippen LogP contribution in [-0.2, 0) is 19.1 Å². The van der Waals surface area contributed by atoms with E-state index in [2.05, 4.69) is 5.32 Å². The third-order valence-corrected chi connectivity index (χ3v) is 6.79. The van der Waals surface area contributed by atoms with Gasteiger partial charge < -0.3 is 24.3 Å². The lowest BCUT2D eigenvalue weighted by atomic mass is 9.71. The largest absolute Gasteiger partial charge is 0.493 e. The number of Topliss-reactive ketones (excluding diaryl/α,β-unsaturated/α-hetero) is 1. The van der Waals surface area contributed by atoms with E-state index in [4.69, 9.17) is 18.9 Å². The molecule has 2 aliphatic rings. The second-order valence-corrected chi connectivity index (χ2v) is 9.02. The second kappa shape index (κ2) is 11.6. The number of carbonyl (C=O) groups is 2. The van der Waals surface area contributed by atoms with Crippen LogP contribution in [-0.4, -0.2) is 45.8 Å². The van der Waals surface area contributed by atoms with Gasteiger partial charge in [0.15, 0.2) is 17.3 Å². The van der Waals surface area contributed by atoms with Crippen LogP contribution in [0.2, 0.25) is 0 Å². The van der Waals surface area contributed by atoms with Gasteiger partial charge in [0.05, 0.1) is 26.4 Å². The molecule has 1 aliphatic heterocycles. The monoisotopic (exact) mass is 509 g/mol. The first kappa shape index (κ1) is 26.4. The maximum atomic E-state index is 13.8. The molecule has 0 aromatic heterocycles. The highest BCUT2D eigenvalue weighted by Gasteiger charge is 2.41. The van der Waals surface area contributed by atoms with Gasteiger partial charge in [-0.1, -0.05) is 18.2 Å². The number of ketones is 1. The van der Waals surface area contributed by atoms with Gasteiger partial charge in [0.1, 0.15) is 12.4 Å². The molecule has 196 valence electrons. The first-order valence-electron chi connectivity index (χ1n) is 12.3. The van der Waals surface area contributed by atoms with Crippen molar-refractivity contribution in [3.05, 3.63) is 81.9 Å². The van der Waals surface area contributed by atoms with E-state index in [0.717, 1.165) is 11.3 Å². The summed E-state index contributed by atoms with van der Waals surface area (Å²) in [5, 5.41) is 3.32. The minimum absolute atomic E-state index is 0.0741. The van der Waals surface area contributed by atoms with Crippen molar-refractivity contribution < 1.29 is 32.9 Å². The zero-order valence-corrected chi connectivity index (χ0v) is 21.6. The molecule has 4 rings (SSSR count). The predicted molar refractivity (Wildman–Crippen MR) is 136 cm³/mol. The Hall–Kier alpha value is -3.65. The van der Waals surface area contributed by atoms with Crippen LogP contribution >= 0.6 is 0 Å². The van der Waals surface area contributed by atoms with Gasteiger partial charge in [0.25, 0.3) is 0 Å². The second-order valence-electron chi connectivity index (χ2n) is 9.02. The summed E-state index contributed by atoms with van der Waals surface area (Å²) in [5.74, 6) is -0.518. The van der Waals surface area contributed by atoms with Crippen LogP contribution in [0, 0.1) is 5.82 Å². The molecule has 1 heterocycles. The normalized spacial score (nSPS) is 19.3. The fraction of sp³-hybridized carbons (Fsp3) is 0.379. The van der Waals surface area contributed by atoms with Gasteiger partial charge in [-0.15, -0.1) is 0 Å². The van der Waals surface area contributed by atoms with Crippen LogP contribution < -0.4 is 14.8 Å². The molecule has 2 unspecified atom stereocenters. The summed E-state index contributed by atoms with van der Waals surface area (Å²) in [6.45, 7) is 4.56. The number of ether oxygens (including phenoxy) is 4. The number of methoxy groups -OCH3 is 2. The first-order valence-corrected chi connectivity index (χ1v) is 12.3. The van der Waals surface area contributed by atoms with Crippen molar-refractivity contribution in [2.45, 2.75) is 38.5 Å². The molecule has 0 saturated heterocycles. The number of carbonyl (C=O) groups excluding carboxylic acids is 2. The van der Waals surface area contributed by atoms with E-state index >= 15 is 0 Å². The standard InChI is InChI=1S/C29H32FNO6/c1-5-36-12-13-37-29(33)26-17(2)31-22-14-20(19-8-11-24(34-3)25(16-19)35-4)15-23(32)28(22)27(26)18-6-9-21(30)10-7-18/h6-11,16,20,27,31H,5,12-15H2,1-4H3. The molecule has 2 atom stereocenters. The van der Waals surface area contributed by atoms with E-state index in [0.29, 0.717) is 46.9 Å². The van der Waals surface area contributed by atoms with Crippen LogP contribution in [0.5, 0.6) is 11.5 Å². The summed E-state index contributed by atoms with van der Waals surface area (Å²) in [5.41, 5.74) is 3.85. The molecule has 37 heavy (non-hydrogen) atoms. The van der Waals surface area contributed by atoms with Gasteiger partial charge in [-0.25, -0.2) is 9.18 Å². The predicted octanol–water partition coefficient (Wildman–Crippen LogP) is 4.78. The lowest BCUT2D eigenvalue weighted by Crippen LogP contribution is -2.36. The Kier molecular flexibility index (Phi) is 8.28. The Bertz CT molecular complexity index is 1230. The van der Waals surface area contributed by atoms with Gasteiger partial charge in [-0.05, 0) is 61.6 Å². The maximum Gasteiger partial charge on any atom is 0.336 e. The number of benzene rings is 2. The van der Waals surface area contributed by atoms with Crippen molar-refractivity contribution in [3.63, 3.8) is 0 Å². The molecule has 1 N–H and O–H groups in total. The van der Waals surface area contributed by atoms with Gasteiger partial charge in [0.2, 0.25) is 0 Å². The molecule has 0 fully saturated rings. The summed E-state index contributed by atoms with van der Waals surface area (Å²) in [7, 11) is 3.16. The number of rotatable bonds is 9. The molecule has 0 saturated carbocycles. The summed E-state index contributed by atoms with van der Waals surface area (Å²) < 4.78 is 35.3. The van der Waals surface area contributed by atoms with E-state index in [1.165, 1.54) is 12.1 Å². The lowest BCUT2D eigenvalue weighted by molar-refractivity contribution is -0.140. The molecule has 2 aromatic carbocycles. The Morgan fingerprint density at radius 1 is 1.00 bits per heavy atom. The van der Waals surface area contributed by atoms with Crippen molar-refractivity contribution in [3.8, 4) is 11.5 Å². The van der Waals surface area contributed by atoms with Gasteiger partial charge >= 0.3 is 5.97 Å². The Balaban J connectivity index is 1.70. The minimum Gasteiger partial charge on any atom is -0.493 e. The van der Waals surface area contributed by atoms with Crippen LogP contribution in [0.25, 0.3) is 0 Å². The Morgan fingerprint density at radius 3 is 2.38 bits per heavy atom. The molecule has 0 bridgehead atoms. The number of dihydropyridines is 1. The number of allylic oxidation sites excluding steroid dienone is 3. The quantitative estimate of drug-likeness (QED) is 0.385. The minimum atomic E-state index is -0.657.